The Bertz CT molecular complexity index is 769. The summed E-state index contributed by atoms with van der Waals surface area (Å²) in [5, 5.41) is 3.10. The summed E-state index contributed by atoms with van der Waals surface area (Å²) >= 11 is 0. The average molecular weight is 339 g/mol. The second kappa shape index (κ2) is 6.54. The Hall–Kier alpha value is -2.30. The molecule has 2 aliphatic rings. The normalized spacial score (nSPS) is 22.7. The molecule has 2 amide bonds. The third-order valence-electron chi connectivity index (χ3n) is 5.61. The van der Waals surface area contributed by atoms with Crippen LogP contribution in [0.4, 0.5) is 10.5 Å². The standard InChI is InChI=1S/C20H25N3O2/c1-13-7-8-15(19-21-14(2)12-25-19)9-18(13)22-20(24)23-10-16-5-3-4-6-17(16)11-23/h7-9,12,16-17H,3-6,10-11H2,1-2H3,(H,22,24)/t16-,17+. The van der Waals surface area contributed by atoms with E-state index in [-0.39, 0.29) is 6.03 Å². The minimum Gasteiger partial charge on any atom is -0.444 e. The van der Waals surface area contributed by atoms with Gasteiger partial charge >= 0.3 is 6.03 Å². The van der Waals surface area contributed by atoms with Gasteiger partial charge in [0.05, 0.1) is 5.69 Å². The van der Waals surface area contributed by atoms with Gasteiger partial charge in [-0.15, -0.1) is 0 Å². The molecule has 132 valence electrons. The molecule has 0 bridgehead atoms. The summed E-state index contributed by atoms with van der Waals surface area (Å²) < 4.78 is 5.48. The molecule has 1 aliphatic carbocycles. The van der Waals surface area contributed by atoms with Gasteiger partial charge in [-0.3, -0.25) is 0 Å². The molecule has 2 fully saturated rings. The number of hydrogen-bond donors (Lipinski definition) is 1. The molecule has 1 aromatic heterocycles. The number of aromatic nitrogens is 1. The fourth-order valence-electron chi connectivity index (χ4n) is 4.14. The molecule has 1 saturated heterocycles. The molecule has 2 heterocycles. The Kier molecular flexibility index (Phi) is 4.24. The van der Waals surface area contributed by atoms with Gasteiger partial charge in [-0.1, -0.05) is 18.9 Å². The largest absolute Gasteiger partial charge is 0.444 e. The zero-order valence-electron chi connectivity index (χ0n) is 14.9. The minimum absolute atomic E-state index is 0.0123. The molecule has 0 spiro atoms. The number of benzene rings is 1. The molecule has 5 heteroatoms. The third-order valence-corrected chi connectivity index (χ3v) is 5.61. The summed E-state index contributed by atoms with van der Waals surface area (Å²) in [6, 6.07) is 5.93. The highest BCUT2D eigenvalue weighted by Crippen LogP contribution is 2.36. The van der Waals surface area contributed by atoms with Crippen LogP contribution in [0.25, 0.3) is 11.5 Å². The van der Waals surface area contributed by atoms with E-state index in [0.29, 0.717) is 17.7 Å². The first-order chi connectivity index (χ1) is 12.1. The Labute approximate surface area is 148 Å². The highest BCUT2D eigenvalue weighted by atomic mass is 16.3. The lowest BCUT2D eigenvalue weighted by atomic mass is 9.82. The van der Waals surface area contributed by atoms with Gasteiger partial charge in [0.15, 0.2) is 0 Å². The van der Waals surface area contributed by atoms with Gasteiger partial charge in [-0.25, -0.2) is 9.78 Å². The fraction of sp³-hybridized carbons (Fsp3) is 0.500. The van der Waals surface area contributed by atoms with E-state index in [1.807, 2.05) is 36.9 Å². The highest BCUT2D eigenvalue weighted by molar-refractivity contribution is 5.91. The van der Waals surface area contributed by atoms with Gasteiger partial charge in [-0.05, 0) is 56.2 Å². The molecule has 1 N–H and O–H groups in total. The zero-order chi connectivity index (χ0) is 17.4. The van der Waals surface area contributed by atoms with Gasteiger partial charge in [0.1, 0.15) is 6.26 Å². The number of amides is 2. The Morgan fingerprint density at radius 2 is 1.92 bits per heavy atom. The Balaban J connectivity index is 1.49. The monoisotopic (exact) mass is 339 g/mol. The summed E-state index contributed by atoms with van der Waals surface area (Å²) in [5.41, 5.74) is 3.59. The lowest BCUT2D eigenvalue weighted by Gasteiger charge is -2.22. The van der Waals surface area contributed by atoms with Gasteiger partial charge < -0.3 is 14.6 Å². The van der Waals surface area contributed by atoms with Crippen LogP contribution in [-0.4, -0.2) is 29.0 Å². The number of hydrogen-bond acceptors (Lipinski definition) is 3. The number of carbonyl (C=O) groups excluding carboxylic acids is 1. The molecule has 0 radical (unpaired) electrons. The van der Waals surface area contributed by atoms with Crippen LogP contribution < -0.4 is 5.32 Å². The van der Waals surface area contributed by atoms with E-state index in [9.17, 15) is 4.79 Å². The molecule has 25 heavy (non-hydrogen) atoms. The van der Waals surface area contributed by atoms with Gasteiger partial charge in [0, 0.05) is 24.3 Å². The fourth-order valence-corrected chi connectivity index (χ4v) is 4.14. The van der Waals surface area contributed by atoms with E-state index in [0.717, 1.165) is 35.6 Å². The SMILES string of the molecule is Cc1coc(-c2ccc(C)c(NC(=O)N3C[C@H]4CCCC[C@H]4C3)c2)n1. The van der Waals surface area contributed by atoms with Crippen molar-refractivity contribution in [3.8, 4) is 11.5 Å². The van der Waals surface area contributed by atoms with Crippen molar-refractivity contribution >= 4 is 11.7 Å². The number of likely N-dealkylation sites (tertiary alicyclic amines) is 1. The van der Waals surface area contributed by atoms with Crippen molar-refractivity contribution in [3.05, 3.63) is 35.7 Å². The smallest absolute Gasteiger partial charge is 0.321 e. The van der Waals surface area contributed by atoms with E-state index in [2.05, 4.69) is 10.3 Å². The minimum atomic E-state index is 0.0123. The van der Waals surface area contributed by atoms with Crippen LogP contribution in [0, 0.1) is 25.7 Å². The molecule has 1 aromatic carbocycles. The molecule has 1 saturated carbocycles. The first-order valence-electron chi connectivity index (χ1n) is 9.19. The van der Waals surface area contributed by atoms with Gasteiger partial charge in [0.2, 0.25) is 5.89 Å². The number of fused-ring (bicyclic) bond motifs is 1. The quantitative estimate of drug-likeness (QED) is 0.869. The van der Waals surface area contributed by atoms with Crippen LogP contribution >= 0.6 is 0 Å². The van der Waals surface area contributed by atoms with E-state index in [1.165, 1.54) is 25.7 Å². The second-order valence-corrected chi connectivity index (χ2v) is 7.46. The molecule has 2 aromatic rings. The average Bonchev–Trinajstić information content (AvgIpc) is 3.23. The topological polar surface area (TPSA) is 58.4 Å². The van der Waals surface area contributed by atoms with E-state index < -0.39 is 0 Å². The van der Waals surface area contributed by atoms with Crippen LogP contribution in [0.1, 0.15) is 36.9 Å². The molecule has 5 nitrogen and oxygen atoms in total. The third kappa shape index (κ3) is 3.28. The lowest BCUT2D eigenvalue weighted by molar-refractivity contribution is 0.220. The van der Waals surface area contributed by atoms with Crippen molar-refractivity contribution in [2.75, 3.05) is 18.4 Å². The van der Waals surface area contributed by atoms with Crippen LogP contribution in [-0.2, 0) is 0 Å². The Morgan fingerprint density at radius 3 is 2.56 bits per heavy atom. The molecule has 1 aliphatic heterocycles. The number of nitrogens with one attached hydrogen (secondary N) is 1. The van der Waals surface area contributed by atoms with Crippen LogP contribution in [0.3, 0.4) is 0 Å². The number of carbonyl (C=O) groups is 1. The number of oxazole rings is 1. The zero-order valence-corrected chi connectivity index (χ0v) is 14.9. The maximum absolute atomic E-state index is 12.7. The van der Waals surface area contributed by atoms with Crippen molar-refractivity contribution in [2.24, 2.45) is 11.8 Å². The van der Waals surface area contributed by atoms with Crippen LogP contribution in [0.5, 0.6) is 0 Å². The number of rotatable bonds is 2. The summed E-state index contributed by atoms with van der Waals surface area (Å²) in [6.45, 7) is 5.70. The Morgan fingerprint density at radius 1 is 1.20 bits per heavy atom. The van der Waals surface area contributed by atoms with Crippen molar-refractivity contribution in [1.29, 1.82) is 0 Å². The van der Waals surface area contributed by atoms with Crippen LogP contribution in [0.15, 0.2) is 28.9 Å². The number of anilines is 1. The van der Waals surface area contributed by atoms with E-state index >= 15 is 0 Å². The first kappa shape index (κ1) is 16.2. The van der Waals surface area contributed by atoms with Crippen molar-refractivity contribution in [3.63, 3.8) is 0 Å². The molecule has 4 rings (SSSR count). The van der Waals surface area contributed by atoms with E-state index in [4.69, 9.17) is 4.42 Å². The molecule has 2 atom stereocenters. The predicted octanol–water partition coefficient (Wildman–Crippen LogP) is 4.61. The lowest BCUT2D eigenvalue weighted by Crippen LogP contribution is -2.33. The molecule has 0 unspecified atom stereocenters. The molecular formula is C20H25N3O2. The first-order valence-corrected chi connectivity index (χ1v) is 9.19. The summed E-state index contributed by atoms with van der Waals surface area (Å²) in [6.07, 6.45) is 6.80. The maximum atomic E-state index is 12.7. The number of urea groups is 1. The molecular weight excluding hydrogens is 314 g/mol. The number of nitrogens with zero attached hydrogens (tertiary/aromatic N) is 2. The summed E-state index contributed by atoms with van der Waals surface area (Å²) in [7, 11) is 0. The maximum Gasteiger partial charge on any atom is 0.321 e. The highest BCUT2D eigenvalue weighted by Gasteiger charge is 2.36. The van der Waals surface area contributed by atoms with Crippen molar-refractivity contribution in [1.82, 2.24) is 9.88 Å². The predicted molar refractivity (Wildman–Crippen MR) is 97.5 cm³/mol. The van der Waals surface area contributed by atoms with Crippen molar-refractivity contribution < 1.29 is 9.21 Å². The second-order valence-electron chi connectivity index (χ2n) is 7.46. The summed E-state index contributed by atoms with van der Waals surface area (Å²) in [5.74, 6) is 1.98. The summed E-state index contributed by atoms with van der Waals surface area (Å²) in [4.78, 5) is 19.1. The van der Waals surface area contributed by atoms with Crippen LogP contribution in [0.2, 0.25) is 0 Å². The van der Waals surface area contributed by atoms with Gasteiger partial charge in [0.25, 0.3) is 0 Å². The van der Waals surface area contributed by atoms with Gasteiger partial charge in [-0.2, -0.15) is 0 Å². The number of aryl methyl sites for hydroxylation is 2. The van der Waals surface area contributed by atoms with Crippen molar-refractivity contribution in [2.45, 2.75) is 39.5 Å². The van der Waals surface area contributed by atoms with E-state index in [1.54, 1.807) is 6.26 Å².